The van der Waals surface area contributed by atoms with E-state index in [-0.39, 0.29) is 57.6 Å². The van der Waals surface area contributed by atoms with Crippen LogP contribution in [0.5, 0.6) is 11.5 Å². The number of nitrogens with zero attached hydrogens (tertiary/aromatic N) is 6. The highest BCUT2D eigenvalue weighted by Gasteiger charge is 2.44. The van der Waals surface area contributed by atoms with E-state index in [1.165, 1.54) is 23.2 Å². The van der Waals surface area contributed by atoms with Crippen LogP contribution >= 0.6 is 22.7 Å². The molecule has 0 aliphatic carbocycles. The first kappa shape index (κ1) is 51.6. The number of thiazole rings is 1. The Morgan fingerprint density at radius 3 is 2.32 bits per heavy atom. The minimum Gasteiger partial charge on any atom is -0.491 e. The Balaban J connectivity index is 0.884. The van der Waals surface area contributed by atoms with Crippen molar-refractivity contribution >= 4 is 57.7 Å². The molecular formula is C53H61N9O8S2. The number of benzene rings is 3. The summed E-state index contributed by atoms with van der Waals surface area (Å²) in [4.78, 5) is 66.1. The molecule has 1 fully saturated rings. The first-order valence-electron chi connectivity index (χ1n) is 23.9. The molecule has 0 bridgehead atoms. The maximum Gasteiger partial charge on any atom is 0.246 e. The zero-order valence-electron chi connectivity index (χ0n) is 41.8. The summed E-state index contributed by atoms with van der Waals surface area (Å²) >= 11 is 3.18. The van der Waals surface area contributed by atoms with E-state index in [1.54, 1.807) is 16.8 Å². The molecule has 5 heterocycles. The minimum absolute atomic E-state index is 0.0173. The lowest BCUT2D eigenvalue weighted by Gasteiger charge is -2.35. The molecule has 4 N–H and O–H groups in total. The van der Waals surface area contributed by atoms with Gasteiger partial charge in [0.05, 0.1) is 47.5 Å². The predicted molar refractivity (Wildman–Crippen MR) is 277 cm³/mol. The summed E-state index contributed by atoms with van der Waals surface area (Å²) in [7, 11) is 0. The topological polar surface area (TPSA) is 211 Å². The molecule has 8 rings (SSSR count). The van der Waals surface area contributed by atoms with Gasteiger partial charge in [0.15, 0.2) is 5.82 Å². The van der Waals surface area contributed by atoms with E-state index in [2.05, 4.69) is 45.0 Å². The number of nitrogens with one attached hydrogen (secondary N) is 3. The first-order chi connectivity index (χ1) is 34.5. The maximum atomic E-state index is 13.8. The van der Waals surface area contributed by atoms with E-state index in [9.17, 15) is 24.3 Å². The van der Waals surface area contributed by atoms with E-state index >= 15 is 0 Å². The standard InChI is InChI=1S/C53H61N9O8S2/c1-30-32(3)72-52-45(30)46(58-41(49-60-59-33(4)62(49)52)26-44(65)57-38-12-10-9-11-13-38)35-16-18-40(19-17-35)69-22-20-68-21-23-70-43-24-36(47-31(2)55-29-71-47)14-15-37(43)27-54-50(66)42-25-39(64)28-61(42)51(67)48(53(6,7)8)56-34(5)63/h9-19,24,29,39,41-42,48,64H,20-23,25-28H2,1-8H3,(H,54,66)(H,56,63)(H,57,65)/t39-,41?,42+,48-/m1/s1. The number of anilines is 1. The van der Waals surface area contributed by atoms with Gasteiger partial charge in [-0.05, 0) is 86.7 Å². The van der Waals surface area contributed by atoms with Crippen molar-refractivity contribution in [2.24, 2.45) is 10.4 Å². The number of aryl methyl sites for hydroxylation is 3. The number of rotatable bonds is 18. The summed E-state index contributed by atoms with van der Waals surface area (Å²) in [5.41, 5.74) is 8.11. The van der Waals surface area contributed by atoms with Crippen molar-refractivity contribution in [2.75, 3.05) is 38.3 Å². The van der Waals surface area contributed by atoms with E-state index in [0.717, 1.165) is 54.2 Å². The zero-order valence-corrected chi connectivity index (χ0v) is 43.4. The molecule has 19 heteroatoms. The molecule has 1 unspecified atom stereocenters. The van der Waals surface area contributed by atoms with Crippen LogP contribution in [0.25, 0.3) is 15.4 Å². The molecule has 378 valence electrons. The average Bonchev–Trinajstić information content (AvgIpc) is 4.11. The van der Waals surface area contributed by atoms with Crippen molar-refractivity contribution in [2.45, 2.75) is 99.0 Å². The van der Waals surface area contributed by atoms with E-state index in [4.69, 9.17) is 19.2 Å². The van der Waals surface area contributed by atoms with Gasteiger partial charge in [0.25, 0.3) is 0 Å². The molecule has 2 aliphatic rings. The highest BCUT2D eigenvalue weighted by atomic mass is 32.1. The van der Waals surface area contributed by atoms with Crippen molar-refractivity contribution in [3.05, 3.63) is 123 Å². The number of aliphatic imine (C=N–C) groups is 1. The van der Waals surface area contributed by atoms with Crippen molar-refractivity contribution in [1.82, 2.24) is 35.3 Å². The van der Waals surface area contributed by atoms with E-state index < -0.39 is 41.5 Å². The van der Waals surface area contributed by atoms with Gasteiger partial charge >= 0.3 is 0 Å². The molecule has 17 nitrogen and oxygen atoms in total. The van der Waals surface area contributed by atoms with Crippen LogP contribution in [-0.4, -0.2) is 110 Å². The van der Waals surface area contributed by atoms with E-state index in [0.29, 0.717) is 35.2 Å². The summed E-state index contributed by atoms with van der Waals surface area (Å²) in [5.74, 6) is 1.16. The van der Waals surface area contributed by atoms with E-state index in [1.807, 2.05) is 112 Å². The number of aliphatic hydroxyl groups excluding tert-OH is 1. The molecule has 0 saturated carbocycles. The van der Waals surface area contributed by atoms with Crippen LogP contribution in [0.4, 0.5) is 5.69 Å². The Kier molecular flexibility index (Phi) is 16.0. The molecule has 2 aliphatic heterocycles. The summed E-state index contributed by atoms with van der Waals surface area (Å²) in [5, 5.41) is 29.2. The van der Waals surface area contributed by atoms with Crippen molar-refractivity contribution in [3.8, 4) is 26.9 Å². The number of likely N-dealkylation sites (tertiary alicyclic amines) is 1. The number of fused-ring (bicyclic) bond motifs is 3. The first-order valence-corrected chi connectivity index (χ1v) is 25.6. The number of carbonyl (C=O) groups excluding carboxylic acids is 4. The lowest BCUT2D eigenvalue weighted by Crippen LogP contribution is -2.57. The van der Waals surface area contributed by atoms with Crippen LogP contribution in [0.15, 0.2) is 83.3 Å². The largest absolute Gasteiger partial charge is 0.491 e. The molecule has 0 spiro atoms. The summed E-state index contributed by atoms with van der Waals surface area (Å²) in [6, 6.07) is 20.5. The van der Waals surface area contributed by atoms with Crippen LogP contribution < -0.4 is 25.4 Å². The monoisotopic (exact) mass is 1020 g/mol. The number of hydrogen-bond acceptors (Lipinski definition) is 14. The SMILES string of the molecule is CC(=O)N[C@H](C(=O)N1C[C@H](O)C[C@H]1C(=O)NCc1ccc(-c2scnc2C)cc1OCCOCCOc1ccc(C2=NC(CC(=O)Nc3ccccc3)c3nnc(C)n3-c3sc(C)c(C)c32)cc1)C(C)(C)C. The third-order valence-electron chi connectivity index (χ3n) is 12.6. The third kappa shape index (κ3) is 11.8. The number of ether oxygens (including phenoxy) is 3. The van der Waals surface area contributed by atoms with Gasteiger partial charge < -0.3 is 40.2 Å². The molecule has 4 amide bonds. The van der Waals surface area contributed by atoms with Gasteiger partial charge in [-0.25, -0.2) is 4.98 Å². The second-order valence-electron chi connectivity index (χ2n) is 19.1. The number of hydrogen-bond donors (Lipinski definition) is 4. The normalized spacial score (nSPS) is 16.8. The molecule has 6 aromatic rings. The maximum absolute atomic E-state index is 13.8. The van der Waals surface area contributed by atoms with Gasteiger partial charge in [-0.2, -0.15) is 0 Å². The van der Waals surface area contributed by atoms with Crippen molar-refractivity contribution in [1.29, 1.82) is 0 Å². The van der Waals surface area contributed by atoms with Crippen LogP contribution in [0, 0.1) is 33.1 Å². The zero-order chi connectivity index (χ0) is 51.3. The van der Waals surface area contributed by atoms with Gasteiger partial charge in [0, 0.05) is 53.7 Å². The number of thiophene rings is 1. The molecule has 1 saturated heterocycles. The van der Waals surface area contributed by atoms with Crippen molar-refractivity contribution < 1.29 is 38.5 Å². The Bertz CT molecular complexity index is 2960. The Morgan fingerprint density at radius 1 is 0.903 bits per heavy atom. The Morgan fingerprint density at radius 2 is 1.62 bits per heavy atom. The van der Waals surface area contributed by atoms with Gasteiger partial charge in [-0.3, -0.25) is 28.7 Å². The molecule has 3 aromatic carbocycles. The quantitative estimate of drug-likeness (QED) is 0.0632. The van der Waals surface area contributed by atoms with Gasteiger partial charge in [-0.15, -0.1) is 32.9 Å². The number of para-hydroxylation sites is 1. The Hall–Kier alpha value is -6.80. The van der Waals surface area contributed by atoms with Gasteiger partial charge in [-0.1, -0.05) is 51.1 Å². The summed E-state index contributed by atoms with van der Waals surface area (Å²) < 4.78 is 20.4. The van der Waals surface area contributed by atoms with Crippen LogP contribution in [0.3, 0.4) is 0 Å². The number of carbonyl (C=O) groups is 4. The summed E-state index contributed by atoms with van der Waals surface area (Å²) in [6.45, 7) is 16.0. The molecule has 0 radical (unpaired) electrons. The lowest BCUT2D eigenvalue weighted by atomic mass is 9.85. The molecule has 4 atom stereocenters. The summed E-state index contributed by atoms with van der Waals surface area (Å²) in [6.07, 6.45) is -0.737. The number of β-amino-alcohol motifs (C(OH)–C–C–N with tert-alkyl or cyclic N) is 1. The lowest BCUT2D eigenvalue weighted by molar-refractivity contribution is -0.143. The number of aromatic nitrogens is 4. The van der Waals surface area contributed by atoms with Crippen molar-refractivity contribution in [3.63, 3.8) is 0 Å². The molecular weight excluding hydrogens is 955 g/mol. The van der Waals surface area contributed by atoms with Gasteiger partial charge in [0.1, 0.15) is 53.7 Å². The highest BCUT2D eigenvalue weighted by Crippen LogP contribution is 2.40. The second kappa shape index (κ2) is 22.3. The smallest absolute Gasteiger partial charge is 0.246 e. The molecule has 3 aromatic heterocycles. The fourth-order valence-electron chi connectivity index (χ4n) is 8.85. The number of aliphatic hydroxyl groups is 1. The minimum atomic E-state index is -0.921. The molecule has 72 heavy (non-hydrogen) atoms. The second-order valence-corrected chi connectivity index (χ2v) is 21.1. The fourth-order valence-corrected chi connectivity index (χ4v) is 10.9. The predicted octanol–water partition coefficient (Wildman–Crippen LogP) is 7.21. The van der Waals surface area contributed by atoms with Crippen LogP contribution in [-0.2, 0) is 30.5 Å². The van der Waals surface area contributed by atoms with Crippen LogP contribution in [0.1, 0.15) is 91.1 Å². The Labute approximate surface area is 427 Å². The van der Waals surface area contributed by atoms with Crippen LogP contribution in [0.2, 0.25) is 0 Å². The van der Waals surface area contributed by atoms with Gasteiger partial charge in [0.2, 0.25) is 23.6 Å². The average molecular weight is 1020 g/mol. The highest BCUT2D eigenvalue weighted by molar-refractivity contribution is 7.15. The fraction of sp³-hybridized carbons (Fsp3) is 0.396. The third-order valence-corrected chi connectivity index (χ3v) is 14.8. The number of amides is 4.